The Morgan fingerprint density at radius 2 is 1.88 bits per heavy atom. The Morgan fingerprint density at radius 1 is 1.16 bits per heavy atom. The molecule has 1 aromatic heterocycles. The molecule has 0 bridgehead atoms. The maximum atomic E-state index is 13.6. The second-order valence-corrected chi connectivity index (χ2v) is 7.55. The van der Waals surface area contributed by atoms with Crippen molar-refractivity contribution in [3.8, 4) is 0 Å². The van der Waals surface area contributed by atoms with E-state index in [0.717, 1.165) is 9.47 Å². The number of fused-ring (bicyclic) bond motifs is 1. The van der Waals surface area contributed by atoms with Gasteiger partial charge in [0.2, 0.25) is 5.91 Å². The summed E-state index contributed by atoms with van der Waals surface area (Å²) in [6.07, 6.45) is 0. The molecule has 0 saturated carbocycles. The maximum absolute atomic E-state index is 13.6. The molecule has 0 spiro atoms. The van der Waals surface area contributed by atoms with Gasteiger partial charge >= 0.3 is 12.6 Å². The van der Waals surface area contributed by atoms with Gasteiger partial charge in [-0.1, -0.05) is 31.2 Å². The van der Waals surface area contributed by atoms with E-state index in [2.05, 4.69) is 15.6 Å². The molecule has 0 unspecified atom stereocenters. The second kappa shape index (κ2) is 8.74. The smallest absolute Gasteiger partial charge is 0.324 e. The van der Waals surface area contributed by atoms with Gasteiger partial charge in [-0.3, -0.25) is 19.1 Å². The van der Waals surface area contributed by atoms with Crippen LogP contribution in [-0.4, -0.2) is 45.4 Å². The standard InChI is InChI=1S/C22H21F2N5O3/c1-13(19-27-16-4-2-3-5-17(16)29(19)21(23)24)10-25-20(31)15-8-6-14(7-9-15)12-28-18(30)11-26-22(28)32/h2-9,13,21H,10-12H2,1H3,(H,25,31)(H,26,32)/t13-/m0/s1. The van der Waals surface area contributed by atoms with Crippen molar-refractivity contribution < 1.29 is 23.2 Å². The van der Waals surface area contributed by atoms with Gasteiger partial charge in [0.25, 0.3) is 5.91 Å². The van der Waals surface area contributed by atoms with E-state index in [1.165, 1.54) is 0 Å². The Balaban J connectivity index is 1.40. The van der Waals surface area contributed by atoms with Crippen LogP contribution in [0.5, 0.6) is 0 Å². The van der Waals surface area contributed by atoms with Crippen LogP contribution in [-0.2, 0) is 11.3 Å². The van der Waals surface area contributed by atoms with Crippen LogP contribution < -0.4 is 10.6 Å². The molecule has 2 heterocycles. The lowest BCUT2D eigenvalue weighted by Crippen LogP contribution is -2.30. The summed E-state index contributed by atoms with van der Waals surface area (Å²) in [6, 6.07) is 12.7. The first-order valence-corrected chi connectivity index (χ1v) is 10.1. The number of carbonyl (C=O) groups excluding carboxylic acids is 3. The van der Waals surface area contributed by atoms with Gasteiger partial charge in [0.05, 0.1) is 24.1 Å². The third-order valence-corrected chi connectivity index (χ3v) is 5.32. The number of carbonyl (C=O) groups is 3. The topological polar surface area (TPSA) is 96.3 Å². The van der Waals surface area contributed by atoms with Crippen molar-refractivity contribution in [2.45, 2.75) is 25.9 Å². The van der Waals surface area contributed by atoms with Crippen molar-refractivity contribution in [2.75, 3.05) is 13.1 Å². The number of imide groups is 1. The zero-order valence-corrected chi connectivity index (χ0v) is 17.2. The zero-order chi connectivity index (χ0) is 22.8. The molecule has 1 fully saturated rings. The lowest BCUT2D eigenvalue weighted by Gasteiger charge is -2.15. The summed E-state index contributed by atoms with van der Waals surface area (Å²) >= 11 is 0. The lowest BCUT2D eigenvalue weighted by atomic mass is 10.1. The summed E-state index contributed by atoms with van der Waals surface area (Å²) in [5.74, 6) is -0.913. The van der Waals surface area contributed by atoms with E-state index in [1.807, 2.05) is 0 Å². The monoisotopic (exact) mass is 441 g/mol. The number of nitrogens with one attached hydrogen (secondary N) is 2. The molecule has 32 heavy (non-hydrogen) atoms. The molecule has 10 heteroatoms. The van der Waals surface area contributed by atoms with Gasteiger partial charge < -0.3 is 10.6 Å². The van der Waals surface area contributed by atoms with Crippen molar-refractivity contribution in [1.29, 1.82) is 0 Å². The highest BCUT2D eigenvalue weighted by Crippen LogP contribution is 2.27. The highest BCUT2D eigenvalue weighted by molar-refractivity contribution is 6.01. The Hall–Kier alpha value is -3.82. The number of rotatable bonds is 7. The molecular weight excluding hydrogens is 420 g/mol. The van der Waals surface area contributed by atoms with Gasteiger partial charge in [-0.2, -0.15) is 8.78 Å². The highest BCUT2D eigenvalue weighted by Gasteiger charge is 2.28. The van der Waals surface area contributed by atoms with Crippen LogP contribution in [0.2, 0.25) is 0 Å². The maximum Gasteiger partial charge on any atom is 0.324 e. The third kappa shape index (κ3) is 4.16. The van der Waals surface area contributed by atoms with Crippen LogP contribution in [0, 0.1) is 0 Å². The Morgan fingerprint density at radius 3 is 2.53 bits per heavy atom. The fraction of sp³-hybridized carbons (Fsp3) is 0.273. The van der Waals surface area contributed by atoms with Crippen molar-refractivity contribution in [1.82, 2.24) is 25.1 Å². The summed E-state index contributed by atoms with van der Waals surface area (Å²) < 4.78 is 28.2. The van der Waals surface area contributed by atoms with E-state index >= 15 is 0 Å². The van der Waals surface area contributed by atoms with Gasteiger partial charge in [0, 0.05) is 18.0 Å². The molecule has 8 nitrogen and oxygen atoms in total. The molecule has 4 amide bonds. The van der Waals surface area contributed by atoms with E-state index in [4.69, 9.17) is 0 Å². The fourth-order valence-corrected chi connectivity index (χ4v) is 3.61. The summed E-state index contributed by atoms with van der Waals surface area (Å²) in [4.78, 5) is 41.3. The van der Waals surface area contributed by atoms with Crippen molar-refractivity contribution in [3.63, 3.8) is 0 Å². The quantitative estimate of drug-likeness (QED) is 0.551. The molecule has 1 aliphatic rings. The minimum Gasteiger partial charge on any atom is -0.351 e. The third-order valence-electron chi connectivity index (χ3n) is 5.32. The molecule has 1 saturated heterocycles. The first kappa shape index (κ1) is 21.4. The summed E-state index contributed by atoms with van der Waals surface area (Å²) in [7, 11) is 0. The Kier molecular flexibility index (Phi) is 5.85. The van der Waals surface area contributed by atoms with E-state index in [0.29, 0.717) is 22.2 Å². The minimum atomic E-state index is -2.74. The number of halogens is 2. The number of benzene rings is 2. The van der Waals surface area contributed by atoms with E-state index in [9.17, 15) is 23.2 Å². The fourth-order valence-electron chi connectivity index (χ4n) is 3.61. The average Bonchev–Trinajstić information content (AvgIpc) is 3.33. The van der Waals surface area contributed by atoms with Crippen LogP contribution in [0.4, 0.5) is 13.6 Å². The molecule has 0 radical (unpaired) electrons. The SMILES string of the molecule is C[C@@H](CNC(=O)c1ccc(CN2C(=O)CNC2=O)cc1)c1nc2ccccc2n1C(F)F. The van der Waals surface area contributed by atoms with Crippen LogP contribution in [0.3, 0.4) is 0 Å². The minimum absolute atomic E-state index is 0.0170. The molecule has 166 valence electrons. The van der Waals surface area contributed by atoms with Gasteiger partial charge in [-0.15, -0.1) is 0 Å². The predicted molar refractivity (Wildman–Crippen MR) is 112 cm³/mol. The molecular formula is C22H21F2N5O3. The number of urea groups is 1. The van der Waals surface area contributed by atoms with Gasteiger partial charge in [0.15, 0.2) is 0 Å². The average molecular weight is 441 g/mol. The Labute approximate surface area is 182 Å². The first-order valence-electron chi connectivity index (χ1n) is 10.1. The van der Waals surface area contributed by atoms with Crippen LogP contribution in [0.25, 0.3) is 11.0 Å². The number of nitrogens with zero attached hydrogens (tertiary/aromatic N) is 3. The van der Waals surface area contributed by atoms with Crippen LogP contribution >= 0.6 is 0 Å². The lowest BCUT2D eigenvalue weighted by molar-refractivity contribution is -0.125. The number of hydrogen-bond acceptors (Lipinski definition) is 4. The number of para-hydroxylation sites is 2. The number of imidazole rings is 1. The number of aromatic nitrogens is 2. The summed E-state index contributed by atoms with van der Waals surface area (Å²) in [5, 5.41) is 5.20. The summed E-state index contributed by atoms with van der Waals surface area (Å²) in [6.45, 7) is -0.794. The Bertz CT molecular complexity index is 1160. The first-order chi connectivity index (χ1) is 15.3. The molecule has 1 atom stereocenters. The zero-order valence-electron chi connectivity index (χ0n) is 17.2. The number of hydrogen-bond donors (Lipinski definition) is 2. The van der Waals surface area contributed by atoms with Crippen molar-refractivity contribution in [2.24, 2.45) is 0 Å². The van der Waals surface area contributed by atoms with Crippen LogP contribution in [0.1, 0.15) is 41.1 Å². The van der Waals surface area contributed by atoms with E-state index < -0.39 is 18.5 Å². The number of alkyl halides is 2. The van der Waals surface area contributed by atoms with E-state index in [1.54, 1.807) is 55.5 Å². The van der Waals surface area contributed by atoms with Gasteiger partial charge in [-0.25, -0.2) is 9.78 Å². The van der Waals surface area contributed by atoms with Crippen LogP contribution in [0.15, 0.2) is 48.5 Å². The predicted octanol–water partition coefficient (Wildman–Crippen LogP) is 3.02. The molecule has 3 aromatic rings. The normalized spacial score (nSPS) is 14.8. The molecule has 2 N–H and O–H groups in total. The summed E-state index contributed by atoms with van der Waals surface area (Å²) in [5.41, 5.74) is 1.89. The highest BCUT2D eigenvalue weighted by atomic mass is 19.3. The van der Waals surface area contributed by atoms with Crippen molar-refractivity contribution in [3.05, 3.63) is 65.5 Å². The number of amides is 4. The van der Waals surface area contributed by atoms with Crippen molar-refractivity contribution >= 4 is 28.9 Å². The van der Waals surface area contributed by atoms with Gasteiger partial charge in [-0.05, 0) is 29.8 Å². The molecule has 4 rings (SSSR count). The van der Waals surface area contributed by atoms with E-state index in [-0.39, 0.29) is 37.3 Å². The largest absolute Gasteiger partial charge is 0.351 e. The molecule has 2 aromatic carbocycles. The second-order valence-electron chi connectivity index (χ2n) is 7.55. The van der Waals surface area contributed by atoms with Gasteiger partial charge in [0.1, 0.15) is 5.82 Å². The molecule has 0 aliphatic carbocycles. The molecule has 1 aliphatic heterocycles.